The molecule has 8 heteroatoms. The summed E-state index contributed by atoms with van der Waals surface area (Å²) in [4.78, 5) is 24.4. The van der Waals surface area contributed by atoms with E-state index in [1.165, 1.54) is 6.07 Å². The van der Waals surface area contributed by atoms with Crippen LogP contribution in [0.15, 0.2) is 42.5 Å². The van der Waals surface area contributed by atoms with Crippen molar-refractivity contribution >= 4 is 22.6 Å². The van der Waals surface area contributed by atoms with Gasteiger partial charge in [0.25, 0.3) is 0 Å². The van der Waals surface area contributed by atoms with Crippen molar-refractivity contribution in [3.8, 4) is 0 Å². The third kappa shape index (κ3) is 4.77. The molecule has 0 radical (unpaired) electrons. The number of carbonyl (C=O) groups is 1. The fraction of sp³-hybridized carbons (Fsp3) is 0.364. The second-order valence-electron chi connectivity index (χ2n) is 7.84. The molecule has 1 saturated carbocycles. The lowest BCUT2D eigenvalue weighted by molar-refractivity contribution is -0.215. The molecule has 1 amide bonds. The smallest absolute Gasteiger partial charge is 0.223 e. The second kappa shape index (κ2) is 9.23. The van der Waals surface area contributed by atoms with Crippen LogP contribution in [-0.2, 0) is 22.7 Å². The van der Waals surface area contributed by atoms with Gasteiger partial charge in [-0.15, -0.1) is 4.99 Å². The highest BCUT2D eigenvalue weighted by Gasteiger charge is 2.27. The molecule has 1 aromatic heterocycles. The molecule has 1 heterocycles. The minimum Gasteiger partial charge on any atom is -0.352 e. The maximum atomic E-state index is 13.7. The monoisotopic (exact) mass is 412 g/mol. The number of hydrogen-bond donors (Lipinski definition) is 4. The molecule has 7 nitrogen and oxygen atoms in total. The van der Waals surface area contributed by atoms with E-state index >= 15 is 0 Å². The molecular weight excluding hydrogens is 387 g/mol. The molecule has 0 aliphatic heterocycles. The number of anilines is 1. The van der Waals surface area contributed by atoms with Gasteiger partial charge in [0, 0.05) is 24.4 Å². The summed E-state index contributed by atoms with van der Waals surface area (Å²) in [5, 5.41) is 11.4. The van der Waals surface area contributed by atoms with Crippen LogP contribution in [0.4, 0.5) is 10.1 Å². The summed E-state index contributed by atoms with van der Waals surface area (Å²) in [7, 11) is 0. The summed E-state index contributed by atoms with van der Waals surface area (Å²) in [6.45, 7) is 0.225. The van der Waals surface area contributed by atoms with Crippen molar-refractivity contribution in [3.63, 3.8) is 0 Å². The van der Waals surface area contributed by atoms with Crippen molar-refractivity contribution in [2.45, 2.75) is 38.6 Å². The van der Waals surface area contributed by atoms with Crippen molar-refractivity contribution in [2.75, 3.05) is 5.48 Å². The van der Waals surface area contributed by atoms with E-state index in [0.29, 0.717) is 17.2 Å². The molecule has 0 bridgehead atoms. The van der Waals surface area contributed by atoms with Crippen molar-refractivity contribution in [1.29, 1.82) is 0 Å². The van der Waals surface area contributed by atoms with Gasteiger partial charge >= 0.3 is 0 Å². The van der Waals surface area contributed by atoms with Crippen molar-refractivity contribution in [1.82, 2.24) is 15.3 Å². The molecule has 1 fully saturated rings. The number of halogens is 1. The second-order valence-corrected chi connectivity index (χ2v) is 7.84. The van der Waals surface area contributed by atoms with Gasteiger partial charge in [0.15, 0.2) is 0 Å². The van der Waals surface area contributed by atoms with E-state index in [2.05, 4.69) is 25.8 Å². The zero-order valence-corrected chi connectivity index (χ0v) is 16.5. The first-order chi connectivity index (χ1) is 14.6. The van der Waals surface area contributed by atoms with Gasteiger partial charge in [0.1, 0.15) is 11.6 Å². The van der Waals surface area contributed by atoms with Gasteiger partial charge in [-0.25, -0.2) is 20.1 Å². The van der Waals surface area contributed by atoms with Gasteiger partial charge in [0.05, 0.1) is 16.7 Å². The number of aromatic nitrogens is 2. The first-order valence-corrected chi connectivity index (χ1v) is 10.2. The molecule has 1 aliphatic rings. The average molecular weight is 412 g/mol. The fourth-order valence-corrected chi connectivity index (χ4v) is 4.15. The Labute approximate surface area is 173 Å². The molecule has 0 unspecified atom stereocenters. The van der Waals surface area contributed by atoms with Crippen LogP contribution in [0.2, 0.25) is 0 Å². The lowest BCUT2D eigenvalue weighted by atomic mass is 9.80. The van der Waals surface area contributed by atoms with Crippen molar-refractivity contribution in [3.05, 3.63) is 59.7 Å². The van der Waals surface area contributed by atoms with Crippen LogP contribution in [0.1, 0.15) is 37.1 Å². The van der Waals surface area contributed by atoms with E-state index in [4.69, 9.17) is 5.26 Å². The van der Waals surface area contributed by atoms with E-state index in [0.717, 1.165) is 49.0 Å². The number of carbonyl (C=O) groups excluding carboxylic acids is 1. The molecular formula is C22H25FN4O3. The highest BCUT2D eigenvalue weighted by Crippen LogP contribution is 2.31. The van der Waals surface area contributed by atoms with Gasteiger partial charge in [-0.3, -0.25) is 4.79 Å². The van der Waals surface area contributed by atoms with Gasteiger partial charge in [-0.2, -0.15) is 0 Å². The standard InChI is InChI=1S/C22H25FN4O3/c23-18-4-2-1-3-16(18)13-24-22(28)15-7-5-14(6-8-15)11-21-25-19-10-9-17(27-30-29)12-20(19)26-21/h1-4,9-10,12,14-15,27,29H,5-8,11,13H2,(H,24,28)(H,25,26). The Morgan fingerprint density at radius 2 is 2.00 bits per heavy atom. The summed E-state index contributed by atoms with van der Waals surface area (Å²) in [6, 6.07) is 12.0. The van der Waals surface area contributed by atoms with Crippen LogP contribution >= 0.6 is 0 Å². The zero-order chi connectivity index (χ0) is 20.9. The van der Waals surface area contributed by atoms with Crippen molar-refractivity contribution in [2.24, 2.45) is 11.8 Å². The van der Waals surface area contributed by atoms with Crippen molar-refractivity contribution < 1.29 is 19.4 Å². The Morgan fingerprint density at radius 1 is 1.20 bits per heavy atom. The third-order valence-corrected chi connectivity index (χ3v) is 5.80. The fourth-order valence-electron chi connectivity index (χ4n) is 4.15. The summed E-state index contributed by atoms with van der Waals surface area (Å²) < 4.78 is 13.7. The molecule has 0 atom stereocenters. The molecule has 0 spiro atoms. The Kier molecular flexibility index (Phi) is 6.25. The van der Waals surface area contributed by atoms with Crippen LogP contribution in [0, 0.1) is 17.7 Å². The maximum Gasteiger partial charge on any atom is 0.223 e. The average Bonchev–Trinajstić information content (AvgIpc) is 3.15. The van der Waals surface area contributed by atoms with Gasteiger partial charge in [0.2, 0.25) is 5.91 Å². The predicted octanol–water partition coefficient (Wildman–Crippen LogP) is 4.18. The molecule has 30 heavy (non-hydrogen) atoms. The molecule has 2 aromatic carbocycles. The Hall–Kier alpha value is -2.97. The number of rotatable bonds is 7. The Morgan fingerprint density at radius 3 is 2.77 bits per heavy atom. The largest absolute Gasteiger partial charge is 0.352 e. The highest BCUT2D eigenvalue weighted by molar-refractivity contribution is 5.79. The van der Waals surface area contributed by atoms with E-state index in [-0.39, 0.29) is 24.2 Å². The summed E-state index contributed by atoms with van der Waals surface area (Å²) in [6.07, 6.45) is 4.41. The van der Waals surface area contributed by atoms with Gasteiger partial charge in [-0.1, -0.05) is 18.2 Å². The summed E-state index contributed by atoms with van der Waals surface area (Å²) in [5.74, 6) is 1.08. The number of nitrogens with one attached hydrogen (secondary N) is 3. The quantitative estimate of drug-likeness (QED) is 0.345. The maximum absolute atomic E-state index is 13.7. The molecule has 4 N–H and O–H groups in total. The number of imidazole rings is 1. The number of aromatic amines is 1. The Bertz CT molecular complexity index is 1010. The minimum absolute atomic E-state index is 0.00609. The zero-order valence-electron chi connectivity index (χ0n) is 16.5. The number of hydrogen-bond acceptors (Lipinski definition) is 5. The van der Waals surface area contributed by atoms with E-state index < -0.39 is 0 Å². The van der Waals surface area contributed by atoms with Crippen LogP contribution in [-0.4, -0.2) is 21.1 Å². The number of H-pyrrole nitrogens is 1. The lowest BCUT2D eigenvalue weighted by Crippen LogP contribution is -2.33. The minimum atomic E-state index is -0.292. The summed E-state index contributed by atoms with van der Waals surface area (Å²) in [5.41, 5.74) is 5.24. The van der Waals surface area contributed by atoms with E-state index in [1.54, 1.807) is 24.3 Å². The van der Waals surface area contributed by atoms with Gasteiger partial charge < -0.3 is 10.3 Å². The lowest BCUT2D eigenvalue weighted by Gasteiger charge is -2.27. The van der Waals surface area contributed by atoms with Crippen LogP contribution in [0.25, 0.3) is 11.0 Å². The Balaban J connectivity index is 1.27. The van der Waals surface area contributed by atoms with E-state index in [9.17, 15) is 9.18 Å². The van der Waals surface area contributed by atoms with E-state index in [1.807, 2.05) is 12.1 Å². The normalized spacial score (nSPS) is 19.0. The molecule has 3 aromatic rings. The third-order valence-electron chi connectivity index (χ3n) is 5.80. The molecule has 4 rings (SSSR count). The number of nitrogens with zero attached hydrogens (tertiary/aromatic N) is 1. The van der Waals surface area contributed by atoms with Crippen LogP contribution in [0.3, 0.4) is 0 Å². The first-order valence-electron chi connectivity index (χ1n) is 10.2. The van der Waals surface area contributed by atoms with Crippen LogP contribution < -0.4 is 10.8 Å². The number of fused-ring (bicyclic) bond motifs is 1. The number of benzene rings is 2. The topological polar surface area (TPSA) is 99.3 Å². The van der Waals surface area contributed by atoms with Crippen LogP contribution in [0.5, 0.6) is 0 Å². The summed E-state index contributed by atoms with van der Waals surface area (Å²) >= 11 is 0. The predicted molar refractivity (Wildman–Crippen MR) is 111 cm³/mol. The SMILES string of the molecule is O=C(NCc1ccccc1F)C1CCC(Cc2nc3ccc(NOO)cc3[nH]2)CC1. The first kappa shape index (κ1) is 20.3. The number of amides is 1. The highest BCUT2D eigenvalue weighted by atomic mass is 19.1. The molecule has 0 saturated heterocycles. The molecule has 1 aliphatic carbocycles. The molecule has 158 valence electrons. The van der Waals surface area contributed by atoms with Gasteiger partial charge in [-0.05, 0) is 55.9 Å².